The van der Waals surface area contributed by atoms with E-state index in [0.717, 1.165) is 25.7 Å². The molecule has 0 aromatic carbocycles. The molecule has 0 atom stereocenters. The fraction of sp³-hybridized carbons (Fsp3) is 0.867. The summed E-state index contributed by atoms with van der Waals surface area (Å²) in [6, 6.07) is 0. The van der Waals surface area contributed by atoms with Crippen LogP contribution >= 0.6 is 0 Å². The number of amides is 1. The molecule has 0 bridgehead atoms. The zero-order chi connectivity index (χ0) is 27.1. The predicted octanol–water partition coefficient (Wildman–Crippen LogP) is 7.03. The molecule has 0 saturated carbocycles. The number of carbonyl (C=O) groups is 2. The fourth-order valence-electron chi connectivity index (χ4n) is 3.73. The van der Waals surface area contributed by atoms with Crippen LogP contribution in [0.5, 0.6) is 0 Å². The maximum Gasteiger partial charge on any atom is 0.325 e. The second kappa shape index (κ2) is 21.7. The summed E-state index contributed by atoms with van der Waals surface area (Å²) >= 11 is 0. The minimum absolute atomic E-state index is 0.0934. The van der Waals surface area contributed by atoms with Crippen molar-refractivity contribution >= 4 is 11.9 Å². The van der Waals surface area contributed by atoms with Crippen molar-refractivity contribution in [2.75, 3.05) is 19.8 Å². The van der Waals surface area contributed by atoms with E-state index < -0.39 is 17.2 Å². The third kappa shape index (κ3) is 25.7. The van der Waals surface area contributed by atoms with Gasteiger partial charge in [0, 0.05) is 12.8 Å². The van der Waals surface area contributed by atoms with Crippen molar-refractivity contribution in [1.82, 2.24) is 5.32 Å². The highest BCUT2D eigenvalue weighted by Gasteiger charge is 2.21. The summed E-state index contributed by atoms with van der Waals surface area (Å²) in [6.07, 6.45) is 22.2. The van der Waals surface area contributed by atoms with E-state index >= 15 is 0 Å². The largest absolute Gasteiger partial charge is 0.464 e. The van der Waals surface area contributed by atoms with E-state index in [-0.39, 0.29) is 19.1 Å². The first-order chi connectivity index (χ1) is 17.1. The Labute approximate surface area is 222 Å². The summed E-state index contributed by atoms with van der Waals surface area (Å²) in [5, 5.41) is 12.4. The maximum atomic E-state index is 11.9. The van der Waals surface area contributed by atoms with Crippen molar-refractivity contribution in [3.05, 3.63) is 12.2 Å². The second-order valence-electron chi connectivity index (χ2n) is 11.3. The molecule has 0 aliphatic carbocycles. The first kappa shape index (κ1) is 34.6. The smallest absolute Gasteiger partial charge is 0.325 e. The molecule has 0 saturated heterocycles. The number of carbonyl (C=O) groups excluding carboxylic acids is 2. The number of ether oxygens (including phenoxy) is 2. The van der Waals surface area contributed by atoms with E-state index in [1.807, 2.05) is 13.8 Å². The van der Waals surface area contributed by atoms with Crippen molar-refractivity contribution in [1.29, 1.82) is 0 Å². The Hall–Kier alpha value is -1.40. The van der Waals surface area contributed by atoms with Crippen molar-refractivity contribution in [2.45, 2.75) is 149 Å². The molecule has 0 radical (unpaired) electrons. The molecule has 6 nitrogen and oxygen atoms in total. The van der Waals surface area contributed by atoms with Crippen LogP contribution in [0.3, 0.4) is 0 Å². The number of unbranched alkanes of at least 4 members (excludes halogenated alkanes) is 11. The van der Waals surface area contributed by atoms with Gasteiger partial charge in [0.15, 0.2) is 0 Å². The quantitative estimate of drug-likeness (QED) is 0.0825. The average molecular weight is 512 g/mol. The van der Waals surface area contributed by atoms with Gasteiger partial charge in [-0.2, -0.15) is 0 Å². The van der Waals surface area contributed by atoms with Gasteiger partial charge in [0.25, 0.3) is 0 Å². The fourth-order valence-corrected chi connectivity index (χ4v) is 3.73. The van der Waals surface area contributed by atoms with E-state index in [1.54, 1.807) is 13.8 Å². The number of nitrogens with one attached hydrogen (secondary N) is 1. The third-order valence-corrected chi connectivity index (χ3v) is 6.27. The number of aliphatic hydroxyl groups is 1. The standard InChI is InChI=1S/C30H57NO5/c1-6-7-8-9-10-11-12-13-14-15-16-17-18-19-20-21-27(32)31-26-28(33)35-24-23-30(4,5)36-25-22-29(2,3)34/h13-14,34H,6-12,15-26H2,1-5H3,(H,31,32)/b14-13-. The highest BCUT2D eigenvalue weighted by atomic mass is 16.5. The van der Waals surface area contributed by atoms with Gasteiger partial charge in [0.2, 0.25) is 5.91 Å². The molecule has 0 unspecified atom stereocenters. The minimum atomic E-state index is -0.759. The lowest BCUT2D eigenvalue weighted by Gasteiger charge is -2.27. The normalized spacial score (nSPS) is 12.3. The summed E-state index contributed by atoms with van der Waals surface area (Å²) in [5.41, 5.74) is -1.20. The molecule has 2 N–H and O–H groups in total. The van der Waals surface area contributed by atoms with Gasteiger partial charge < -0.3 is 19.9 Å². The maximum absolute atomic E-state index is 11.9. The lowest BCUT2D eigenvalue weighted by molar-refractivity contribution is -0.145. The number of allylic oxidation sites excluding steroid dienone is 2. The molecule has 6 heteroatoms. The second-order valence-corrected chi connectivity index (χ2v) is 11.3. The summed E-state index contributed by atoms with van der Waals surface area (Å²) < 4.78 is 11.0. The molecule has 0 aliphatic rings. The predicted molar refractivity (Wildman–Crippen MR) is 149 cm³/mol. The summed E-state index contributed by atoms with van der Waals surface area (Å²) in [7, 11) is 0. The SMILES string of the molecule is CCCCCCCC/C=C\CCCCCCCC(=O)NCC(=O)OCCC(C)(C)OCCC(C)(C)O. The summed E-state index contributed by atoms with van der Waals surface area (Å²) in [4.78, 5) is 23.8. The van der Waals surface area contributed by atoms with Gasteiger partial charge in [-0.25, -0.2) is 0 Å². The number of esters is 1. The molecular formula is C30H57NO5. The van der Waals surface area contributed by atoms with Crippen LogP contribution < -0.4 is 5.32 Å². The van der Waals surface area contributed by atoms with Gasteiger partial charge in [-0.3, -0.25) is 9.59 Å². The van der Waals surface area contributed by atoms with E-state index in [2.05, 4.69) is 24.4 Å². The number of rotatable bonds is 24. The molecule has 1 amide bonds. The molecule has 0 aliphatic heterocycles. The Morgan fingerprint density at radius 3 is 1.92 bits per heavy atom. The van der Waals surface area contributed by atoms with Crippen molar-refractivity contribution in [3.63, 3.8) is 0 Å². The Morgan fingerprint density at radius 2 is 1.33 bits per heavy atom. The zero-order valence-electron chi connectivity index (χ0n) is 24.2. The lowest BCUT2D eigenvalue weighted by Crippen LogP contribution is -2.33. The molecule has 212 valence electrons. The lowest BCUT2D eigenvalue weighted by atomic mass is 10.0. The first-order valence-electron chi connectivity index (χ1n) is 14.5. The highest BCUT2D eigenvalue weighted by molar-refractivity contribution is 5.81. The van der Waals surface area contributed by atoms with Gasteiger partial charge in [0.05, 0.1) is 24.4 Å². The van der Waals surface area contributed by atoms with Crippen molar-refractivity contribution in [2.24, 2.45) is 0 Å². The van der Waals surface area contributed by atoms with E-state index in [9.17, 15) is 14.7 Å². The van der Waals surface area contributed by atoms with E-state index in [4.69, 9.17) is 9.47 Å². The van der Waals surface area contributed by atoms with Crippen molar-refractivity contribution in [3.8, 4) is 0 Å². The van der Waals surface area contributed by atoms with Gasteiger partial charge in [0.1, 0.15) is 6.54 Å². The van der Waals surface area contributed by atoms with Crippen LogP contribution in [-0.2, 0) is 19.1 Å². The van der Waals surface area contributed by atoms with Gasteiger partial charge in [-0.1, -0.05) is 70.4 Å². The Morgan fingerprint density at radius 1 is 0.778 bits per heavy atom. The van der Waals surface area contributed by atoms with Crippen LogP contribution in [0.1, 0.15) is 137 Å². The van der Waals surface area contributed by atoms with Crippen LogP contribution in [0.25, 0.3) is 0 Å². The Bertz CT molecular complexity index is 580. The topological polar surface area (TPSA) is 84.9 Å². The molecule has 0 spiro atoms. The van der Waals surface area contributed by atoms with Crippen LogP contribution in [0.2, 0.25) is 0 Å². The highest BCUT2D eigenvalue weighted by Crippen LogP contribution is 2.17. The molecule has 0 fully saturated rings. The first-order valence-corrected chi connectivity index (χ1v) is 14.5. The van der Waals surface area contributed by atoms with Gasteiger partial charge >= 0.3 is 5.97 Å². The van der Waals surface area contributed by atoms with Crippen molar-refractivity contribution < 1.29 is 24.2 Å². The van der Waals surface area contributed by atoms with Crippen LogP contribution in [0, 0.1) is 0 Å². The monoisotopic (exact) mass is 511 g/mol. The average Bonchev–Trinajstić information content (AvgIpc) is 2.79. The van der Waals surface area contributed by atoms with E-state index in [0.29, 0.717) is 25.9 Å². The van der Waals surface area contributed by atoms with Crippen LogP contribution in [0.15, 0.2) is 12.2 Å². The molecular weight excluding hydrogens is 454 g/mol. The zero-order valence-corrected chi connectivity index (χ0v) is 24.2. The molecule has 0 rings (SSSR count). The summed E-state index contributed by atoms with van der Waals surface area (Å²) in [5.74, 6) is -0.528. The van der Waals surface area contributed by atoms with Gasteiger partial charge in [-0.15, -0.1) is 0 Å². The minimum Gasteiger partial charge on any atom is -0.464 e. The molecule has 0 aromatic rings. The van der Waals surface area contributed by atoms with E-state index in [1.165, 1.54) is 57.8 Å². The molecule has 0 aromatic heterocycles. The summed E-state index contributed by atoms with van der Waals surface area (Å²) in [6.45, 7) is 10.2. The Balaban J connectivity index is 3.57. The van der Waals surface area contributed by atoms with Crippen LogP contribution in [-0.4, -0.2) is 47.9 Å². The molecule has 36 heavy (non-hydrogen) atoms. The van der Waals surface area contributed by atoms with Crippen LogP contribution in [0.4, 0.5) is 0 Å². The Kier molecular flexibility index (Phi) is 20.8. The number of hydrogen-bond donors (Lipinski definition) is 2. The van der Waals surface area contributed by atoms with Gasteiger partial charge in [-0.05, 0) is 66.2 Å². The third-order valence-electron chi connectivity index (χ3n) is 6.27. The molecule has 0 heterocycles. The number of hydrogen-bond acceptors (Lipinski definition) is 5.